The van der Waals surface area contributed by atoms with Gasteiger partial charge in [0.25, 0.3) is 0 Å². The van der Waals surface area contributed by atoms with Gasteiger partial charge in [-0.15, -0.1) is 0 Å². The van der Waals surface area contributed by atoms with Crippen molar-refractivity contribution in [2.45, 2.75) is 38.3 Å². The maximum atomic E-state index is 7.66. The smallest absolute Gasteiger partial charge is 0.129 e. The molecule has 3 N–H and O–H groups in total. The number of nitrogens with one attached hydrogen (secondary N) is 1. The molecule has 0 saturated heterocycles. The predicted molar refractivity (Wildman–Crippen MR) is 80.2 cm³/mol. The molecule has 0 amide bonds. The van der Waals surface area contributed by atoms with E-state index in [4.69, 9.17) is 15.9 Å². The monoisotopic (exact) mass is 273 g/mol. The Labute approximate surface area is 120 Å². The van der Waals surface area contributed by atoms with Gasteiger partial charge in [-0.1, -0.05) is 6.07 Å². The van der Waals surface area contributed by atoms with Gasteiger partial charge in [0.2, 0.25) is 0 Å². The number of rotatable bonds is 7. The lowest BCUT2D eigenvalue weighted by Crippen LogP contribution is -2.28. The highest BCUT2D eigenvalue weighted by molar-refractivity contribution is 5.97. The molecule has 0 aliphatic heterocycles. The molecule has 1 aromatic carbocycles. The fourth-order valence-electron chi connectivity index (χ4n) is 2.71. The number of nitrogens with zero attached hydrogens (tertiary/aromatic N) is 1. The molecule has 2 fully saturated rings. The Morgan fingerprint density at radius 1 is 1.35 bits per heavy atom. The first-order valence-corrected chi connectivity index (χ1v) is 7.42. The first-order valence-electron chi connectivity index (χ1n) is 7.42. The summed E-state index contributed by atoms with van der Waals surface area (Å²) in [5.74, 6) is 1.67. The number of hydrogen-bond acceptors (Lipinski definition) is 3. The van der Waals surface area contributed by atoms with Crippen LogP contribution in [0.25, 0.3) is 0 Å². The normalized spacial score (nSPS) is 18.3. The molecular weight excluding hydrogens is 250 g/mol. The van der Waals surface area contributed by atoms with E-state index in [1.807, 2.05) is 12.1 Å². The van der Waals surface area contributed by atoms with Crippen molar-refractivity contribution < 1.29 is 4.74 Å². The van der Waals surface area contributed by atoms with E-state index < -0.39 is 0 Å². The zero-order chi connectivity index (χ0) is 14.1. The van der Waals surface area contributed by atoms with Crippen molar-refractivity contribution in [3.63, 3.8) is 0 Å². The number of benzene rings is 1. The summed E-state index contributed by atoms with van der Waals surface area (Å²) in [5.41, 5.74) is 7.57. The van der Waals surface area contributed by atoms with Crippen LogP contribution < -0.4 is 10.5 Å². The summed E-state index contributed by atoms with van der Waals surface area (Å²) in [7, 11) is 1.62. The molecule has 0 spiro atoms. The first-order chi connectivity index (χ1) is 9.67. The largest absolute Gasteiger partial charge is 0.496 e. The second kappa shape index (κ2) is 5.44. The van der Waals surface area contributed by atoms with Crippen molar-refractivity contribution in [1.29, 1.82) is 5.41 Å². The molecule has 0 heterocycles. The highest BCUT2D eigenvalue weighted by Gasteiger charge is 2.33. The summed E-state index contributed by atoms with van der Waals surface area (Å²) in [6.45, 7) is 2.19. The van der Waals surface area contributed by atoms with Gasteiger partial charge in [-0.3, -0.25) is 10.3 Å². The number of nitrogens with two attached hydrogens (primary N) is 1. The summed E-state index contributed by atoms with van der Waals surface area (Å²) >= 11 is 0. The average Bonchev–Trinajstić information content (AvgIpc) is 3.30. The van der Waals surface area contributed by atoms with Crippen LogP contribution in [-0.4, -0.2) is 30.4 Å². The van der Waals surface area contributed by atoms with Crippen molar-refractivity contribution in [3.8, 4) is 5.75 Å². The lowest BCUT2D eigenvalue weighted by molar-refractivity contribution is 0.244. The number of hydrogen-bond donors (Lipinski definition) is 2. The summed E-state index contributed by atoms with van der Waals surface area (Å²) in [6.07, 6.45) is 5.46. The number of methoxy groups -OCH3 is 1. The van der Waals surface area contributed by atoms with Gasteiger partial charge in [-0.05, 0) is 49.3 Å². The first kappa shape index (κ1) is 13.4. The SMILES string of the molecule is COc1ccc(CN(CC2CC2)C2CC2)cc1C(=N)N. The molecule has 0 aromatic heterocycles. The maximum Gasteiger partial charge on any atom is 0.129 e. The molecule has 2 aliphatic carbocycles. The zero-order valence-electron chi connectivity index (χ0n) is 12.1. The van der Waals surface area contributed by atoms with Gasteiger partial charge in [-0.2, -0.15) is 0 Å². The number of amidine groups is 1. The minimum atomic E-state index is 0.0730. The number of nitrogen functional groups attached to an aromatic ring is 1. The Bertz CT molecular complexity index is 506. The van der Waals surface area contributed by atoms with Gasteiger partial charge >= 0.3 is 0 Å². The fourth-order valence-corrected chi connectivity index (χ4v) is 2.71. The summed E-state index contributed by atoms with van der Waals surface area (Å²) in [6, 6.07) is 6.80. The van der Waals surface area contributed by atoms with Crippen LogP contribution in [-0.2, 0) is 6.54 Å². The summed E-state index contributed by atoms with van der Waals surface area (Å²) < 4.78 is 5.27. The van der Waals surface area contributed by atoms with Gasteiger partial charge < -0.3 is 10.5 Å². The Kier molecular flexibility index (Phi) is 3.66. The van der Waals surface area contributed by atoms with E-state index in [2.05, 4.69) is 11.0 Å². The van der Waals surface area contributed by atoms with Crippen LogP contribution in [0.1, 0.15) is 36.8 Å². The van der Waals surface area contributed by atoms with E-state index in [0.717, 1.165) is 18.5 Å². The predicted octanol–water partition coefficient (Wildman–Crippen LogP) is 2.35. The molecule has 1 aromatic rings. The topological polar surface area (TPSA) is 62.3 Å². The minimum Gasteiger partial charge on any atom is -0.496 e. The van der Waals surface area contributed by atoms with Gasteiger partial charge in [0, 0.05) is 19.1 Å². The average molecular weight is 273 g/mol. The van der Waals surface area contributed by atoms with Crippen molar-refractivity contribution in [3.05, 3.63) is 29.3 Å². The molecule has 2 saturated carbocycles. The van der Waals surface area contributed by atoms with E-state index in [1.165, 1.54) is 37.8 Å². The van der Waals surface area contributed by atoms with E-state index in [0.29, 0.717) is 11.3 Å². The van der Waals surface area contributed by atoms with Gasteiger partial charge in [0.15, 0.2) is 0 Å². The van der Waals surface area contributed by atoms with Gasteiger partial charge in [0.1, 0.15) is 11.6 Å². The third-order valence-electron chi connectivity index (χ3n) is 4.19. The molecule has 4 nitrogen and oxygen atoms in total. The zero-order valence-corrected chi connectivity index (χ0v) is 12.1. The molecule has 0 atom stereocenters. The van der Waals surface area contributed by atoms with Gasteiger partial charge in [0.05, 0.1) is 12.7 Å². The minimum absolute atomic E-state index is 0.0730. The van der Waals surface area contributed by atoms with Crippen molar-refractivity contribution in [1.82, 2.24) is 4.90 Å². The van der Waals surface area contributed by atoms with Crippen LogP contribution in [0.3, 0.4) is 0 Å². The van der Waals surface area contributed by atoms with E-state index in [-0.39, 0.29) is 5.84 Å². The molecule has 20 heavy (non-hydrogen) atoms. The second-order valence-corrected chi connectivity index (χ2v) is 6.05. The molecular formula is C16H23N3O. The second-order valence-electron chi connectivity index (χ2n) is 6.05. The highest BCUT2D eigenvalue weighted by atomic mass is 16.5. The van der Waals surface area contributed by atoms with E-state index >= 15 is 0 Å². The summed E-state index contributed by atoms with van der Waals surface area (Å²) in [4.78, 5) is 2.60. The molecule has 3 rings (SSSR count). The van der Waals surface area contributed by atoms with Crippen molar-refractivity contribution >= 4 is 5.84 Å². The van der Waals surface area contributed by atoms with Crippen LogP contribution >= 0.6 is 0 Å². The summed E-state index contributed by atoms with van der Waals surface area (Å²) in [5, 5.41) is 7.66. The lowest BCUT2D eigenvalue weighted by atomic mass is 10.1. The van der Waals surface area contributed by atoms with E-state index in [9.17, 15) is 0 Å². The van der Waals surface area contributed by atoms with Gasteiger partial charge in [-0.25, -0.2) is 0 Å². The highest BCUT2D eigenvalue weighted by Crippen LogP contribution is 2.35. The third kappa shape index (κ3) is 3.12. The molecule has 0 bridgehead atoms. The molecule has 0 radical (unpaired) electrons. The molecule has 0 unspecified atom stereocenters. The van der Waals surface area contributed by atoms with Crippen LogP contribution in [0.15, 0.2) is 18.2 Å². The van der Waals surface area contributed by atoms with Crippen LogP contribution in [0.4, 0.5) is 0 Å². The Morgan fingerprint density at radius 2 is 2.10 bits per heavy atom. The molecule has 108 valence electrons. The Hall–Kier alpha value is -1.55. The van der Waals surface area contributed by atoms with E-state index in [1.54, 1.807) is 7.11 Å². The third-order valence-corrected chi connectivity index (χ3v) is 4.19. The maximum absolute atomic E-state index is 7.66. The standard InChI is InChI=1S/C16H23N3O/c1-20-15-7-4-12(8-14(15)16(17)18)10-19(13-5-6-13)9-11-2-3-11/h4,7-8,11,13H,2-3,5-6,9-10H2,1H3,(H3,17,18). The Balaban J connectivity index is 1.74. The van der Waals surface area contributed by atoms with Crippen molar-refractivity contribution in [2.75, 3.05) is 13.7 Å². The molecule has 4 heteroatoms. The van der Waals surface area contributed by atoms with Crippen molar-refractivity contribution in [2.24, 2.45) is 11.7 Å². The van der Waals surface area contributed by atoms with Crippen LogP contribution in [0.5, 0.6) is 5.75 Å². The Morgan fingerprint density at radius 3 is 2.65 bits per heavy atom. The van der Waals surface area contributed by atoms with Crippen LogP contribution in [0.2, 0.25) is 0 Å². The quantitative estimate of drug-likeness (QED) is 0.592. The fraction of sp³-hybridized carbons (Fsp3) is 0.562. The molecule has 2 aliphatic rings. The number of ether oxygens (including phenoxy) is 1. The van der Waals surface area contributed by atoms with Crippen LogP contribution in [0, 0.1) is 11.3 Å². The lowest BCUT2D eigenvalue weighted by Gasteiger charge is -2.22.